The van der Waals surface area contributed by atoms with Crippen LogP contribution in [0.4, 0.5) is 0 Å². The zero-order valence-corrected chi connectivity index (χ0v) is 11.0. The van der Waals surface area contributed by atoms with Crippen LogP contribution in [0.25, 0.3) is 0 Å². The zero-order valence-electron chi connectivity index (χ0n) is 9.35. The van der Waals surface area contributed by atoms with E-state index in [-0.39, 0.29) is 0 Å². The Morgan fingerprint density at radius 3 is 2.94 bits per heavy atom. The Bertz CT molecular complexity index is 317. The maximum atomic E-state index is 11.2. The van der Waals surface area contributed by atoms with E-state index in [9.17, 15) is 4.21 Å². The van der Waals surface area contributed by atoms with Crippen molar-refractivity contribution >= 4 is 22.1 Å². The van der Waals surface area contributed by atoms with E-state index in [1.807, 2.05) is 0 Å². The molecule has 0 bridgehead atoms. The Balaban J connectivity index is 1.56. The molecule has 0 saturated carbocycles. The van der Waals surface area contributed by atoms with Gasteiger partial charge >= 0.3 is 0 Å². The van der Waals surface area contributed by atoms with E-state index in [0.717, 1.165) is 44.2 Å². The van der Waals surface area contributed by atoms with Crippen molar-refractivity contribution in [2.45, 2.75) is 6.54 Å². The largest absolute Gasteiger partial charge is 0.311 e. The van der Waals surface area contributed by atoms with Crippen molar-refractivity contribution in [3.05, 3.63) is 22.4 Å². The Morgan fingerprint density at radius 2 is 2.25 bits per heavy atom. The zero-order chi connectivity index (χ0) is 11.2. The van der Waals surface area contributed by atoms with Gasteiger partial charge in [-0.3, -0.25) is 4.21 Å². The molecular weight excluding hydrogens is 240 g/mol. The van der Waals surface area contributed by atoms with E-state index < -0.39 is 10.8 Å². The van der Waals surface area contributed by atoms with Crippen molar-refractivity contribution < 1.29 is 4.21 Å². The molecule has 1 aromatic rings. The second-order valence-corrected chi connectivity index (χ2v) is 6.67. The number of thiophene rings is 1. The Labute approximate surface area is 103 Å². The summed E-state index contributed by atoms with van der Waals surface area (Å²) in [5, 5.41) is 5.55. The molecule has 3 nitrogen and oxygen atoms in total. The minimum absolute atomic E-state index is 0.553. The number of nitrogens with one attached hydrogen (secondary N) is 1. The molecule has 1 N–H and O–H groups in total. The third kappa shape index (κ3) is 3.97. The molecule has 0 spiro atoms. The highest BCUT2D eigenvalue weighted by atomic mass is 32.2. The first-order valence-corrected chi connectivity index (χ1v) is 8.02. The summed E-state index contributed by atoms with van der Waals surface area (Å²) in [4.78, 5) is 3.78. The average molecular weight is 258 g/mol. The average Bonchev–Trinajstić information content (AvgIpc) is 2.80. The molecule has 1 aliphatic rings. The van der Waals surface area contributed by atoms with Crippen molar-refractivity contribution in [2.75, 3.05) is 37.7 Å². The van der Waals surface area contributed by atoms with Crippen LogP contribution in [0, 0.1) is 0 Å². The fourth-order valence-corrected chi connectivity index (χ4v) is 3.56. The standard InChI is InChI=1S/C11H18N2OS2/c14-16-8-5-13(6-9-16)4-3-12-10-11-2-1-7-15-11/h1-2,7,12H,3-6,8-10H2. The topological polar surface area (TPSA) is 32.3 Å². The molecule has 0 amide bonds. The van der Waals surface area contributed by atoms with Crippen molar-refractivity contribution in [3.8, 4) is 0 Å². The van der Waals surface area contributed by atoms with Gasteiger partial charge in [-0.05, 0) is 11.4 Å². The minimum Gasteiger partial charge on any atom is -0.311 e. The monoisotopic (exact) mass is 258 g/mol. The summed E-state index contributed by atoms with van der Waals surface area (Å²) in [5.41, 5.74) is 0. The van der Waals surface area contributed by atoms with E-state index in [4.69, 9.17) is 0 Å². The molecule has 0 unspecified atom stereocenters. The van der Waals surface area contributed by atoms with Crippen molar-refractivity contribution in [2.24, 2.45) is 0 Å². The van der Waals surface area contributed by atoms with Gasteiger partial charge in [-0.15, -0.1) is 11.3 Å². The predicted molar refractivity (Wildman–Crippen MR) is 70.3 cm³/mol. The molecular formula is C11H18N2OS2. The fraction of sp³-hybridized carbons (Fsp3) is 0.636. The van der Waals surface area contributed by atoms with Gasteiger partial charge in [-0.25, -0.2) is 0 Å². The van der Waals surface area contributed by atoms with Crippen LogP contribution in [0.1, 0.15) is 4.88 Å². The summed E-state index contributed by atoms with van der Waals surface area (Å²) >= 11 is 1.79. The van der Waals surface area contributed by atoms with Gasteiger partial charge in [-0.1, -0.05) is 6.07 Å². The van der Waals surface area contributed by atoms with Gasteiger partial charge in [0.15, 0.2) is 0 Å². The van der Waals surface area contributed by atoms with Crippen LogP contribution in [0.3, 0.4) is 0 Å². The molecule has 2 rings (SSSR count). The summed E-state index contributed by atoms with van der Waals surface area (Å²) in [5.74, 6) is 1.70. The SMILES string of the molecule is O=S1CCN(CCNCc2cccs2)CC1. The minimum atomic E-state index is -0.553. The van der Waals surface area contributed by atoms with Crippen LogP contribution in [0.5, 0.6) is 0 Å². The second kappa shape index (κ2) is 6.49. The number of hydrogen-bond donors (Lipinski definition) is 1. The molecule has 1 aliphatic heterocycles. The van der Waals surface area contributed by atoms with Crippen molar-refractivity contribution in [3.63, 3.8) is 0 Å². The van der Waals surface area contributed by atoms with Gasteiger partial charge in [0.1, 0.15) is 0 Å². The molecule has 1 fully saturated rings. The highest BCUT2D eigenvalue weighted by Crippen LogP contribution is 2.07. The lowest BCUT2D eigenvalue weighted by atomic mass is 10.4. The highest BCUT2D eigenvalue weighted by Gasteiger charge is 2.13. The maximum Gasteiger partial charge on any atom is 0.0363 e. The second-order valence-electron chi connectivity index (χ2n) is 3.95. The lowest BCUT2D eigenvalue weighted by Gasteiger charge is -2.25. The van der Waals surface area contributed by atoms with E-state index in [1.54, 1.807) is 11.3 Å². The first kappa shape index (κ1) is 12.2. The molecule has 2 heterocycles. The van der Waals surface area contributed by atoms with Gasteiger partial charge in [0, 0.05) is 59.9 Å². The summed E-state index contributed by atoms with van der Waals surface area (Å²) in [7, 11) is -0.553. The van der Waals surface area contributed by atoms with Crippen LogP contribution in [-0.4, -0.2) is 46.8 Å². The number of hydrogen-bond acceptors (Lipinski definition) is 4. The molecule has 0 radical (unpaired) electrons. The van der Waals surface area contributed by atoms with E-state index >= 15 is 0 Å². The van der Waals surface area contributed by atoms with E-state index in [1.165, 1.54) is 4.88 Å². The van der Waals surface area contributed by atoms with Crippen LogP contribution < -0.4 is 5.32 Å². The van der Waals surface area contributed by atoms with Gasteiger partial charge < -0.3 is 10.2 Å². The first-order chi connectivity index (χ1) is 7.84. The molecule has 0 aliphatic carbocycles. The Morgan fingerprint density at radius 1 is 1.44 bits per heavy atom. The van der Waals surface area contributed by atoms with Crippen LogP contribution in [0.2, 0.25) is 0 Å². The Hall–Kier alpha value is -0.230. The van der Waals surface area contributed by atoms with Crippen LogP contribution in [-0.2, 0) is 17.3 Å². The molecule has 16 heavy (non-hydrogen) atoms. The summed E-state index contributed by atoms with van der Waals surface area (Å²) in [6.45, 7) is 5.05. The molecule has 5 heteroatoms. The lowest BCUT2D eigenvalue weighted by molar-refractivity contribution is 0.298. The summed E-state index contributed by atoms with van der Waals surface area (Å²) in [6.07, 6.45) is 0. The molecule has 1 saturated heterocycles. The highest BCUT2D eigenvalue weighted by molar-refractivity contribution is 7.85. The maximum absolute atomic E-state index is 11.2. The van der Waals surface area contributed by atoms with Gasteiger partial charge in [0.05, 0.1) is 0 Å². The van der Waals surface area contributed by atoms with Crippen LogP contribution in [0.15, 0.2) is 17.5 Å². The molecule has 1 aromatic heterocycles. The number of nitrogens with zero attached hydrogens (tertiary/aromatic N) is 1. The first-order valence-electron chi connectivity index (χ1n) is 5.65. The fourth-order valence-electron chi connectivity index (χ4n) is 1.76. The van der Waals surface area contributed by atoms with Crippen LogP contribution >= 0.6 is 11.3 Å². The van der Waals surface area contributed by atoms with E-state index in [0.29, 0.717) is 0 Å². The smallest absolute Gasteiger partial charge is 0.0363 e. The third-order valence-corrected chi connectivity index (χ3v) is 4.91. The summed E-state index contributed by atoms with van der Waals surface area (Å²) < 4.78 is 11.2. The normalized spacial score (nSPS) is 19.0. The Kier molecular flexibility index (Phi) is 4.96. The van der Waals surface area contributed by atoms with Crippen molar-refractivity contribution in [1.29, 1.82) is 0 Å². The number of rotatable bonds is 5. The summed E-state index contributed by atoms with van der Waals surface area (Å²) in [6, 6.07) is 4.24. The predicted octanol–water partition coefficient (Wildman–Crippen LogP) is 0.902. The van der Waals surface area contributed by atoms with Gasteiger partial charge in [0.25, 0.3) is 0 Å². The quantitative estimate of drug-likeness (QED) is 0.797. The van der Waals surface area contributed by atoms with Gasteiger partial charge in [0.2, 0.25) is 0 Å². The molecule has 0 atom stereocenters. The lowest BCUT2D eigenvalue weighted by Crippen LogP contribution is -2.41. The van der Waals surface area contributed by atoms with E-state index in [2.05, 4.69) is 27.7 Å². The third-order valence-electron chi connectivity index (χ3n) is 2.75. The molecule has 90 valence electrons. The van der Waals surface area contributed by atoms with Gasteiger partial charge in [-0.2, -0.15) is 0 Å². The molecule has 0 aromatic carbocycles. The van der Waals surface area contributed by atoms with Crippen molar-refractivity contribution in [1.82, 2.24) is 10.2 Å².